The number of fused-ring (bicyclic) bond motifs is 2. The van der Waals surface area contributed by atoms with Gasteiger partial charge in [0, 0.05) is 23.5 Å². The summed E-state index contributed by atoms with van der Waals surface area (Å²) in [6.45, 7) is 4.71. The smallest absolute Gasteiger partial charge is 0.339 e. The van der Waals surface area contributed by atoms with Gasteiger partial charge in [-0.1, -0.05) is 41.9 Å². The van der Waals surface area contributed by atoms with E-state index in [2.05, 4.69) is 6.08 Å². The molecule has 0 spiro atoms. The predicted octanol–water partition coefficient (Wildman–Crippen LogP) is 5.40. The number of hydrogen-bond acceptors (Lipinski definition) is 4. The van der Waals surface area contributed by atoms with Crippen LogP contribution >= 0.6 is 11.6 Å². The molecule has 1 aliphatic rings. The molecule has 0 N–H and O–H groups in total. The van der Waals surface area contributed by atoms with E-state index in [9.17, 15) is 9.59 Å². The van der Waals surface area contributed by atoms with E-state index < -0.39 is 5.97 Å². The molecule has 164 valence electrons. The zero-order valence-corrected chi connectivity index (χ0v) is 19.0. The number of ether oxygens (including phenoxy) is 1. The van der Waals surface area contributed by atoms with Crippen LogP contribution in [0.1, 0.15) is 47.4 Å². The highest BCUT2D eigenvalue weighted by atomic mass is 35.5. The molecule has 0 saturated heterocycles. The SMILES string of the molecule is CCN(CC)C(=O)COC(=O)c1c2c(nc3ccccc13)/C(=C/c1ccc(Cl)cc1)CC2. The van der Waals surface area contributed by atoms with E-state index in [0.717, 1.165) is 39.7 Å². The summed E-state index contributed by atoms with van der Waals surface area (Å²) in [5, 5.41) is 1.44. The summed E-state index contributed by atoms with van der Waals surface area (Å²) in [6, 6.07) is 15.2. The van der Waals surface area contributed by atoms with Crippen LogP contribution in [0, 0.1) is 0 Å². The predicted molar refractivity (Wildman–Crippen MR) is 128 cm³/mol. The number of aromatic nitrogens is 1. The highest BCUT2D eigenvalue weighted by Crippen LogP contribution is 2.37. The van der Waals surface area contributed by atoms with E-state index in [4.69, 9.17) is 21.3 Å². The third-order valence-electron chi connectivity index (χ3n) is 5.80. The van der Waals surface area contributed by atoms with Crippen molar-refractivity contribution in [3.63, 3.8) is 0 Å². The van der Waals surface area contributed by atoms with Crippen molar-refractivity contribution >= 4 is 46.0 Å². The van der Waals surface area contributed by atoms with Gasteiger partial charge in [0.2, 0.25) is 0 Å². The molecule has 2 aromatic carbocycles. The first-order valence-electron chi connectivity index (χ1n) is 10.8. The fourth-order valence-corrected chi connectivity index (χ4v) is 4.27. The molecule has 6 heteroatoms. The van der Waals surface area contributed by atoms with E-state index in [-0.39, 0.29) is 12.5 Å². The Kier molecular flexibility index (Phi) is 6.56. The molecule has 1 heterocycles. The molecule has 0 fully saturated rings. The van der Waals surface area contributed by atoms with Gasteiger partial charge in [-0.2, -0.15) is 0 Å². The Balaban J connectivity index is 1.71. The van der Waals surface area contributed by atoms with Gasteiger partial charge in [0.05, 0.1) is 16.8 Å². The van der Waals surface area contributed by atoms with Crippen LogP contribution in [0.5, 0.6) is 0 Å². The number of carbonyl (C=O) groups excluding carboxylic acids is 2. The highest BCUT2D eigenvalue weighted by Gasteiger charge is 2.28. The topological polar surface area (TPSA) is 59.5 Å². The number of esters is 1. The minimum atomic E-state index is -0.479. The first-order chi connectivity index (χ1) is 15.5. The second-order valence-electron chi connectivity index (χ2n) is 7.69. The average Bonchev–Trinajstić information content (AvgIpc) is 3.20. The lowest BCUT2D eigenvalue weighted by Crippen LogP contribution is -2.34. The van der Waals surface area contributed by atoms with Crippen molar-refractivity contribution in [3.8, 4) is 0 Å². The number of benzene rings is 2. The molecule has 0 saturated carbocycles. The average molecular weight is 449 g/mol. The first-order valence-corrected chi connectivity index (χ1v) is 11.2. The lowest BCUT2D eigenvalue weighted by atomic mass is 10.0. The minimum absolute atomic E-state index is 0.193. The van der Waals surface area contributed by atoms with Gasteiger partial charge < -0.3 is 9.64 Å². The van der Waals surface area contributed by atoms with Gasteiger partial charge in [-0.05, 0) is 67.7 Å². The molecular formula is C26H25ClN2O3. The molecule has 1 aliphatic carbocycles. The summed E-state index contributed by atoms with van der Waals surface area (Å²) in [4.78, 5) is 32.0. The van der Waals surface area contributed by atoms with Crippen LogP contribution in [0.25, 0.3) is 22.6 Å². The number of para-hydroxylation sites is 1. The van der Waals surface area contributed by atoms with Crippen molar-refractivity contribution in [2.75, 3.05) is 19.7 Å². The summed E-state index contributed by atoms with van der Waals surface area (Å²) in [5.74, 6) is -0.672. The zero-order chi connectivity index (χ0) is 22.7. The van der Waals surface area contributed by atoms with Gasteiger partial charge in [0.15, 0.2) is 6.61 Å². The Morgan fingerprint density at radius 1 is 1.06 bits per heavy atom. The second kappa shape index (κ2) is 9.53. The summed E-state index contributed by atoms with van der Waals surface area (Å²) in [5.41, 5.74) is 5.04. The van der Waals surface area contributed by atoms with Crippen LogP contribution in [0.2, 0.25) is 5.02 Å². The Morgan fingerprint density at radius 2 is 1.78 bits per heavy atom. The Labute approximate surface area is 192 Å². The summed E-state index contributed by atoms with van der Waals surface area (Å²) < 4.78 is 5.48. The van der Waals surface area contributed by atoms with Gasteiger partial charge in [-0.25, -0.2) is 9.78 Å². The molecule has 0 radical (unpaired) electrons. The quantitative estimate of drug-likeness (QED) is 0.474. The van der Waals surface area contributed by atoms with Crippen LogP contribution in [0.4, 0.5) is 0 Å². The third-order valence-corrected chi connectivity index (χ3v) is 6.05. The van der Waals surface area contributed by atoms with Crippen molar-refractivity contribution in [2.24, 2.45) is 0 Å². The van der Waals surface area contributed by atoms with Crippen LogP contribution in [0.3, 0.4) is 0 Å². The molecular weight excluding hydrogens is 424 g/mol. The maximum Gasteiger partial charge on any atom is 0.339 e. The molecule has 4 rings (SSSR count). The van der Waals surface area contributed by atoms with Gasteiger partial charge in [-0.3, -0.25) is 4.79 Å². The number of hydrogen-bond donors (Lipinski definition) is 0. The van der Waals surface area contributed by atoms with Gasteiger partial charge in [0.25, 0.3) is 5.91 Å². The normalized spacial score (nSPS) is 13.9. The fraction of sp³-hybridized carbons (Fsp3) is 0.269. The number of likely N-dealkylation sites (N-methyl/N-ethyl adjacent to an activating group) is 1. The molecule has 5 nitrogen and oxygen atoms in total. The molecule has 1 aromatic heterocycles. The van der Waals surface area contributed by atoms with Crippen LogP contribution in [-0.2, 0) is 16.0 Å². The molecule has 0 unspecified atom stereocenters. The van der Waals surface area contributed by atoms with E-state index in [0.29, 0.717) is 30.1 Å². The molecule has 0 atom stereocenters. The number of halogens is 1. The molecule has 0 bridgehead atoms. The Hall–Kier alpha value is -3.18. The Bertz CT molecular complexity index is 1200. The monoisotopic (exact) mass is 448 g/mol. The zero-order valence-electron chi connectivity index (χ0n) is 18.2. The number of amides is 1. The highest BCUT2D eigenvalue weighted by molar-refractivity contribution is 6.30. The van der Waals surface area contributed by atoms with Crippen molar-refractivity contribution in [1.29, 1.82) is 0 Å². The van der Waals surface area contributed by atoms with Gasteiger partial charge >= 0.3 is 5.97 Å². The summed E-state index contributed by atoms with van der Waals surface area (Å²) in [7, 11) is 0. The number of rotatable bonds is 6. The van der Waals surface area contributed by atoms with Crippen molar-refractivity contribution < 1.29 is 14.3 Å². The maximum absolute atomic E-state index is 13.2. The van der Waals surface area contributed by atoms with Crippen molar-refractivity contribution in [2.45, 2.75) is 26.7 Å². The second-order valence-corrected chi connectivity index (χ2v) is 8.13. The van der Waals surface area contributed by atoms with E-state index in [1.165, 1.54) is 0 Å². The van der Waals surface area contributed by atoms with E-state index in [1.807, 2.05) is 62.4 Å². The standard InChI is InChI=1S/C26H25ClN2O3/c1-3-29(4-2)23(30)16-32-26(31)24-20-7-5-6-8-22(20)28-25-18(11-14-21(24)25)15-17-9-12-19(27)13-10-17/h5-10,12-13,15H,3-4,11,14,16H2,1-2H3/b18-15+. The molecule has 1 amide bonds. The van der Waals surface area contributed by atoms with Gasteiger partial charge in [-0.15, -0.1) is 0 Å². The van der Waals surface area contributed by atoms with E-state index >= 15 is 0 Å². The van der Waals surface area contributed by atoms with E-state index in [1.54, 1.807) is 4.90 Å². The van der Waals surface area contributed by atoms with Gasteiger partial charge in [0.1, 0.15) is 0 Å². The molecule has 0 aliphatic heterocycles. The first kappa shape index (κ1) is 22.0. The molecule has 32 heavy (non-hydrogen) atoms. The number of carbonyl (C=O) groups is 2. The van der Waals surface area contributed by atoms with Crippen LogP contribution < -0.4 is 0 Å². The van der Waals surface area contributed by atoms with Crippen molar-refractivity contribution in [1.82, 2.24) is 9.88 Å². The lowest BCUT2D eigenvalue weighted by Gasteiger charge is -2.18. The number of nitrogens with zero attached hydrogens (tertiary/aromatic N) is 2. The van der Waals surface area contributed by atoms with Crippen molar-refractivity contribution in [3.05, 3.63) is 75.9 Å². The maximum atomic E-state index is 13.2. The summed E-state index contributed by atoms with van der Waals surface area (Å²) in [6.07, 6.45) is 3.56. The lowest BCUT2D eigenvalue weighted by molar-refractivity contribution is -0.134. The number of allylic oxidation sites excluding steroid dienone is 1. The van der Waals surface area contributed by atoms with Crippen LogP contribution in [0.15, 0.2) is 48.5 Å². The summed E-state index contributed by atoms with van der Waals surface area (Å²) >= 11 is 6.01. The molecule has 3 aromatic rings. The fourth-order valence-electron chi connectivity index (χ4n) is 4.14. The third kappa shape index (κ3) is 4.39. The largest absolute Gasteiger partial charge is 0.452 e. The minimum Gasteiger partial charge on any atom is -0.452 e. The Morgan fingerprint density at radius 3 is 2.50 bits per heavy atom. The number of pyridine rings is 1. The van der Waals surface area contributed by atoms with Crippen LogP contribution in [-0.4, -0.2) is 41.5 Å².